The highest BCUT2D eigenvalue weighted by Crippen LogP contribution is 2.15. The Balaban J connectivity index is 2.52. The molecule has 0 N–H and O–H groups in total. The van der Waals surface area contributed by atoms with Crippen LogP contribution in [0.1, 0.15) is 33.3 Å². The van der Waals surface area contributed by atoms with E-state index in [-0.39, 0.29) is 0 Å². The van der Waals surface area contributed by atoms with E-state index < -0.39 is 0 Å². The predicted molar refractivity (Wildman–Crippen MR) is 90.9 cm³/mol. The Kier molecular flexibility index (Phi) is 7.76. The normalized spacial score (nSPS) is 11.9. The summed E-state index contributed by atoms with van der Waals surface area (Å²) in [6, 6.07) is 9.10. The molecule has 0 saturated carbocycles. The van der Waals surface area contributed by atoms with Crippen LogP contribution in [0.3, 0.4) is 0 Å². The summed E-state index contributed by atoms with van der Waals surface area (Å²) in [4.78, 5) is 4.65. The molecule has 3 nitrogen and oxygen atoms in total. The summed E-state index contributed by atoms with van der Waals surface area (Å²) in [5.74, 6) is 1.65. The molecule has 120 valence electrons. The topological polar surface area (TPSA) is 15.7 Å². The number of benzene rings is 1. The Bertz CT molecular complexity index is 385. The van der Waals surface area contributed by atoms with Crippen LogP contribution in [0.5, 0.6) is 5.75 Å². The van der Waals surface area contributed by atoms with Gasteiger partial charge in [0, 0.05) is 25.7 Å². The molecule has 0 aliphatic carbocycles. The van der Waals surface area contributed by atoms with Crippen molar-refractivity contribution in [2.75, 3.05) is 33.8 Å². The maximum Gasteiger partial charge on any atom is 0.119 e. The van der Waals surface area contributed by atoms with Crippen molar-refractivity contribution in [3.63, 3.8) is 0 Å². The number of rotatable bonds is 9. The Morgan fingerprint density at radius 3 is 2.10 bits per heavy atom. The standard InChI is InChI=1S/C18H32N2O/c1-15(2)13-20(16(3)4)14-17-7-9-18(10-8-17)21-12-11-19(5)6/h7-10,15-16H,11-14H2,1-6H3. The monoisotopic (exact) mass is 292 g/mol. The van der Waals surface area contributed by atoms with E-state index in [9.17, 15) is 0 Å². The van der Waals surface area contributed by atoms with E-state index in [0.29, 0.717) is 12.0 Å². The van der Waals surface area contributed by atoms with Crippen LogP contribution in [0.25, 0.3) is 0 Å². The molecule has 0 fully saturated rings. The Labute approximate surface area is 130 Å². The van der Waals surface area contributed by atoms with Crippen LogP contribution in [0.4, 0.5) is 0 Å². The number of hydrogen-bond donors (Lipinski definition) is 0. The molecule has 0 atom stereocenters. The largest absolute Gasteiger partial charge is 0.492 e. The van der Waals surface area contributed by atoms with Crippen molar-refractivity contribution in [3.8, 4) is 5.75 Å². The van der Waals surface area contributed by atoms with Gasteiger partial charge in [-0.15, -0.1) is 0 Å². The molecule has 0 aromatic heterocycles. The first-order valence-corrected chi connectivity index (χ1v) is 7.99. The van der Waals surface area contributed by atoms with Crippen LogP contribution in [-0.2, 0) is 6.54 Å². The van der Waals surface area contributed by atoms with E-state index in [1.807, 2.05) is 0 Å². The van der Waals surface area contributed by atoms with Crippen molar-refractivity contribution in [1.82, 2.24) is 9.80 Å². The minimum atomic E-state index is 0.573. The van der Waals surface area contributed by atoms with Gasteiger partial charge in [-0.05, 0) is 51.6 Å². The minimum absolute atomic E-state index is 0.573. The second kappa shape index (κ2) is 9.06. The van der Waals surface area contributed by atoms with Gasteiger partial charge in [-0.2, -0.15) is 0 Å². The van der Waals surface area contributed by atoms with Gasteiger partial charge in [-0.3, -0.25) is 4.90 Å². The van der Waals surface area contributed by atoms with Crippen molar-refractivity contribution < 1.29 is 4.74 Å². The molecule has 0 aliphatic heterocycles. The van der Waals surface area contributed by atoms with E-state index in [2.05, 4.69) is 75.9 Å². The summed E-state index contributed by atoms with van der Waals surface area (Å²) in [7, 11) is 4.11. The maximum atomic E-state index is 5.73. The first-order valence-electron chi connectivity index (χ1n) is 7.99. The molecular formula is C18H32N2O. The molecule has 0 amide bonds. The lowest BCUT2D eigenvalue weighted by atomic mass is 10.1. The highest BCUT2D eigenvalue weighted by Gasteiger charge is 2.11. The lowest BCUT2D eigenvalue weighted by Gasteiger charge is -2.28. The summed E-state index contributed by atoms with van der Waals surface area (Å²) in [5.41, 5.74) is 1.35. The minimum Gasteiger partial charge on any atom is -0.492 e. The van der Waals surface area contributed by atoms with Crippen LogP contribution in [0, 0.1) is 5.92 Å². The maximum absolute atomic E-state index is 5.73. The highest BCUT2D eigenvalue weighted by atomic mass is 16.5. The fourth-order valence-corrected chi connectivity index (χ4v) is 2.20. The summed E-state index contributed by atoms with van der Waals surface area (Å²) in [6.07, 6.45) is 0. The first-order chi connectivity index (χ1) is 9.88. The SMILES string of the molecule is CC(C)CN(Cc1ccc(OCCN(C)C)cc1)C(C)C. The molecule has 1 aromatic carbocycles. The van der Waals surface area contributed by atoms with Crippen LogP contribution >= 0.6 is 0 Å². The Morgan fingerprint density at radius 1 is 1.00 bits per heavy atom. The zero-order valence-electron chi connectivity index (χ0n) is 14.6. The van der Waals surface area contributed by atoms with Crippen LogP contribution in [0.15, 0.2) is 24.3 Å². The van der Waals surface area contributed by atoms with Crippen molar-refractivity contribution in [3.05, 3.63) is 29.8 Å². The third kappa shape index (κ3) is 7.49. The molecule has 0 unspecified atom stereocenters. The number of nitrogens with zero attached hydrogens (tertiary/aromatic N) is 2. The summed E-state index contributed by atoms with van der Waals surface area (Å²) < 4.78 is 5.73. The second-order valence-electron chi connectivity index (χ2n) is 6.71. The summed E-state index contributed by atoms with van der Waals surface area (Å²) in [6.45, 7) is 12.9. The fourth-order valence-electron chi connectivity index (χ4n) is 2.20. The lowest BCUT2D eigenvalue weighted by molar-refractivity contribution is 0.189. The highest BCUT2D eigenvalue weighted by molar-refractivity contribution is 5.27. The van der Waals surface area contributed by atoms with Crippen molar-refractivity contribution >= 4 is 0 Å². The van der Waals surface area contributed by atoms with Crippen molar-refractivity contribution in [2.45, 2.75) is 40.3 Å². The van der Waals surface area contributed by atoms with E-state index in [1.165, 1.54) is 5.56 Å². The van der Waals surface area contributed by atoms with Crippen molar-refractivity contribution in [1.29, 1.82) is 0 Å². The number of ether oxygens (including phenoxy) is 1. The molecule has 3 heteroatoms. The van der Waals surface area contributed by atoms with Gasteiger partial charge in [0.2, 0.25) is 0 Å². The van der Waals surface area contributed by atoms with Crippen LogP contribution in [-0.4, -0.2) is 49.6 Å². The molecule has 1 rings (SSSR count). The first kappa shape index (κ1) is 18.0. The van der Waals surface area contributed by atoms with E-state index in [4.69, 9.17) is 4.74 Å². The quantitative estimate of drug-likeness (QED) is 0.693. The zero-order valence-corrected chi connectivity index (χ0v) is 14.6. The van der Waals surface area contributed by atoms with Gasteiger partial charge in [0.1, 0.15) is 12.4 Å². The van der Waals surface area contributed by atoms with Crippen molar-refractivity contribution in [2.24, 2.45) is 5.92 Å². The Morgan fingerprint density at radius 2 is 1.62 bits per heavy atom. The molecule has 0 bridgehead atoms. The summed E-state index contributed by atoms with van der Waals surface area (Å²) in [5, 5.41) is 0. The zero-order chi connectivity index (χ0) is 15.8. The second-order valence-corrected chi connectivity index (χ2v) is 6.71. The molecule has 1 aromatic rings. The molecule has 0 aliphatic rings. The van der Waals surface area contributed by atoms with Gasteiger partial charge in [-0.1, -0.05) is 26.0 Å². The van der Waals surface area contributed by atoms with Gasteiger partial charge in [0.25, 0.3) is 0 Å². The third-order valence-electron chi connectivity index (χ3n) is 3.45. The van der Waals surface area contributed by atoms with E-state index in [0.717, 1.165) is 32.0 Å². The molecule has 0 heterocycles. The lowest BCUT2D eigenvalue weighted by Crippen LogP contribution is -2.33. The van der Waals surface area contributed by atoms with Gasteiger partial charge in [0.15, 0.2) is 0 Å². The number of likely N-dealkylation sites (N-methyl/N-ethyl adjacent to an activating group) is 1. The third-order valence-corrected chi connectivity index (χ3v) is 3.45. The van der Waals surface area contributed by atoms with E-state index in [1.54, 1.807) is 0 Å². The smallest absolute Gasteiger partial charge is 0.119 e. The van der Waals surface area contributed by atoms with Crippen LogP contribution < -0.4 is 4.74 Å². The van der Waals surface area contributed by atoms with Gasteiger partial charge >= 0.3 is 0 Å². The molecular weight excluding hydrogens is 260 g/mol. The fraction of sp³-hybridized carbons (Fsp3) is 0.667. The number of hydrogen-bond acceptors (Lipinski definition) is 3. The van der Waals surface area contributed by atoms with Crippen LogP contribution in [0.2, 0.25) is 0 Å². The Hall–Kier alpha value is -1.06. The average Bonchev–Trinajstić information content (AvgIpc) is 2.39. The van der Waals surface area contributed by atoms with Gasteiger partial charge < -0.3 is 9.64 Å². The molecule has 0 saturated heterocycles. The van der Waals surface area contributed by atoms with Gasteiger partial charge in [-0.25, -0.2) is 0 Å². The van der Waals surface area contributed by atoms with Gasteiger partial charge in [0.05, 0.1) is 0 Å². The molecule has 0 radical (unpaired) electrons. The molecule has 0 spiro atoms. The molecule has 21 heavy (non-hydrogen) atoms. The summed E-state index contributed by atoms with van der Waals surface area (Å²) >= 11 is 0. The average molecular weight is 292 g/mol. The van der Waals surface area contributed by atoms with E-state index >= 15 is 0 Å². The predicted octanol–water partition coefficient (Wildman–Crippen LogP) is 3.49.